The van der Waals surface area contributed by atoms with Crippen molar-refractivity contribution in [2.45, 2.75) is 137 Å². The molecular formula is C24H33Cl18O4P. The second-order valence-corrected chi connectivity index (χ2v) is 25.0. The Balaban J connectivity index is 5.74. The molecule has 0 saturated carbocycles. The molecule has 0 aromatic heterocycles. The lowest BCUT2D eigenvalue weighted by molar-refractivity contribution is 0.0500. The molecule has 0 aromatic rings. The maximum absolute atomic E-state index is 14.2. The number of hydrogen-bond donors (Lipinski definition) is 0. The van der Waals surface area contributed by atoms with Gasteiger partial charge >= 0.3 is 7.82 Å². The van der Waals surface area contributed by atoms with Gasteiger partial charge in [0.25, 0.3) is 0 Å². The molecule has 3 atom stereocenters. The topological polar surface area (TPSA) is 44.8 Å². The quantitative estimate of drug-likeness (QED) is 0.0549. The van der Waals surface area contributed by atoms with Crippen molar-refractivity contribution in [2.75, 3.05) is 0 Å². The standard InChI is InChI=1S/C24H33Cl18O4P/c25-16(10-4-1-7-13-19(28,29)30)22(37,38)44-47(43,45-23(39,40)17(26)11-5-2-8-14-20(31,32)33)46-24(41,42)18(27)12-6-3-9-15-21(34,35)36/h16-18H,1-15H2. The van der Waals surface area contributed by atoms with Gasteiger partial charge in [0.15, 0.2) is 11.4 Å². The second-order valence-electron chi connectivity index (χ2n) is 10.5. The number of hydrogen-bond acceptors (Lipinski definition) is 4. The molecular weight excluding hydrogens is 1020 g/mol. The van der Waals surface area contributed by atoms with Crippen LogP contribution in [-0.2, 0) is 18.1 Å². The van der Waals surface area contributed by atoms with Crippen LogP contribution >= 0.6 is 217 Å². The minimum atomic E-state index is -5.15. The summed E-state index contributed by atoms with van der Waals surface area (Å²) in [6.07, 6.45) is 6.30. The Labute approximate surface area is 367 Å². The average Bonchev–Trinajstić information content (AvgIpc) is 2.84. The molecule has 0 spiro atoms. The Hall–Kier alpha value is 5.33. The van der Waals surface area contributed by atoms with Gasteiger partial charge in [0.05, 0.1) is 16.1 Å². The Morgan fingerprint density at radius 3 is 0.787 bits per heavy atom. The van der Waals surface area contributed by atoms with Crippen LogP contribution < -0.4 is 0 Å². The number of halogens is 18. The molecule has 0 N–H and O–H groups in total. The summed E-state index contributed by atoms with van der Waals surface area (Å²) in [5.41, 5.74) is 0. The summed E-state index contributed by atoms with van der Waals surface area (Å²) in [5, 5.41) is -3.56. The highest BCUT2D eigenvalue weighted by atomic mass is 35.6. The fourth-order valence-electron chi connectivity index (χ4n) is 3.66. The molecule has 0 aliphatic rings. The number of phosphoric ester groups is 1. The Morgan fingerprint density at radius 1 is 0.383 bits per heavy atom. The molecule has 4 nitrogen and oxygen atoms in total. The SMILES string of the molecule is O=P(OC(Cl)(Cl)C(Cl)CCCCCC(Cl)(Cl)Cl)(OC(Cl)(Cl)C(Cl)CCCCCC(Cl)(Cl)Cl)OC(Cl)(Cl)C(Cl)CCCCCC(Cl)(Cl)Cl. The largest absolute Gasteiger partial charge is 0.482 e. The summed E-state index contributed by atoms with van der Waals surface area (Å²) in [4.78, 5) is 0. The van der Waals surface area contributed by atoms with Gasteiger partial charge in [-0.1, -0.05) is 213 Å². The zero-order chi connectivity index (χ0) is 37.0. The molecule has 0 aliphatic heterocycles. The highest BCUT2D eigenvalue weighted by Gasteiger charge is 2.54. The second kappa shape index (κ2) is 23.5. The van der Waals surface area contributed by atoms with Crippen molar-refractivity contribution < 1.29 is 18.1 Å². The Morgan fingerprint density at radius 2 is 0.596 bits per heavy atom. The molecule has 0 fully saturated rings. The number of phosphoric acid groups is 1. The van der Waals surface area contributed by atoms with Crippen LogP contribution in [0.2, 0.25) is 0 Å². The smallest absolute Gasteiger partial charge is 0.248 e. The monoisotopic (exact) mass is 1050 g/mol. The molecule has 47 heavy (non-hydrogen) atoms. The number of alkyl halides is 18. The van der Waals surface area contributed by atoms with E-state index in [4.69, 9.17) is 222 Å². The Kier molecular flexibility index (Phi) is 26.2. The van der Waals surface area contributed by atoms with Crippen molar-refractivity contribution in [2.24, 2.45) is 0 Å². The minimum Gasteiger partial charge on any atom is -0.248 e. The highest BCUT2D eigenvalue weighted by Crippen LogP contribution is 2.64. The van der Waals surface area contributed by atoms with Gasteiger partial charge in [-0.2, -0.15) is 0 Å². The van der Waals surface area contributed by atoms with Crippen LogP contribution in [0.1, 0.15) is 96.3 Å². The molecule has 3 unspecified atom stereocenters. The van der Waals surface area contributed by atoms with E-state index in [1.165, 1.54) is 0 Å². The van der Waals surface area contributed by atoms with Gasteiger partial charge in [-0.15, -0.1) is 34.8 Å². The summed E-state index contributed by atoms with van der Waals surface area (Å²) in [6.45, 7) is 0. The van der Waals surface area contributed by atoms with Crippen molar-refractivity contribution in [3.8, 4) is 0 Å². The zero-order valence-corrected chi connectivity index (χ0v) is 38.7. The van der Waals surface area contributed by atoms with Crippen LogP contribution in [0.3, 0.4) is 0 Å². The van der Waals surface area contributed by atoms with Crippen molar-refractivity contribution in [1.82, 2.24) is 0 Å². The lowest BCUT2D eigenvalue weighted by Gasteiger charge is -2.36. The maximum atomic E-state index is 14.2. The van der Waals surface area contributed by atoms with E-state index in [1.807, 2.05) is 0 Å². The van der Waals surface area contributed by atoms with E-state index in [0.29, 0.717) is 77.0 Å². The lowest BCUT2D eigenvalue weighted by atomic mass is 10.1. The van der Waals surface area contributed by atoms with Crippen molar-refractivity contribution in [3.63, 3.8) is 0 Å². The van der Waals surface area contributed by atoms with E-state index in [9.17, 15) is 4.57 Å². The zero-order valence-electron chi connectivity index (χ0n) is 24.2. The summed E-state index contributed by atoms with van der Waals surface area (Å²) in [5.74, 6) is 0. The minimum absolute atomic E-state index is 0.160. The molecule has 0 saturated heterocycles. The van der Waals surface area contributed by atoms with Gasteiger partial charge in [-0.25, -0.2) is 18.1 Å². The van der Waals surface area contributed by atoms with Gasteiger partial charge in [0.2, 0.25) is 13.6 Å². The highest BCUT2D eigenvalue weighted by molar-refractivity contribution is 7.49. The van der Waals surface area contributed by atoms with Gasteiger partial charge < -0.3 is 0 Å². The fourth-order valence-corrected chi connectivity index (χ4v) is 9.21. The summed E-state index contributed by atoms with van der Waals surface area (Å²) >= 11 is 110. The maximum Gasteiger partial charge on any atom is 0.482 e. The van der Waals surface area contributed by atoms with Crippen LogP contribution in [0.15, 0.2) is 0 Å². The van der Waals surface area contributed by atoms with E-state index in [1.54, 1.807) is 0 Å². The van der Waals surface area contributed by atoms with E-state index in [0.717, 1.165) is 0 Å². The number of unbranched alkanes of at least 4 members (excludes halogenated alkanes) is 6. The molecule has 284 valence electrons. The predicted molar refractivity (Wildman–Crippen MR) is 213 cm³/mol. The lowest BCUT2D eigenvalue weighted by Crippen LogP contribution is -2.37. The summed E-state index contributed by atoms with van der Waals surface area (Å²) in [6, 6.07) is 0. The van der Waals surface area contributed by atoms with E-state index in [2.05, 4.69) is 0 Å². The third kappa shape index (κ3) is 26.8. The molecule has 0 heterocycles. The van der Waals surface area contributed by atoms with Gasteiger partial charge in [0, 0.05) is 0 Å². The van der Waals surface area contributed by atoms with Crippen LogP contribution in [0, 0.1) is 0 Å². The first-order chi connectivity index (χ1) is 21.0. The fraction of sp³-hybridized carbons (Fsp3) is 1.00. The molecule has 0 rings (SSSR count). The summed E-state index contributed by atoms with van der Waals surface area (Å²) < 4.78 is 19.0. The van der Waals surface area contributed by atoms with E-state index >= 15 is 0 Å². The number of rotatable bonds is 24. The predicted octanol–water partition coefficient (Wildman–Crippen LogP) is 17.3. The molecule has 23 heteroatoms. The molecule has 0 radical (unpaired) electrons. The molecule has 0 aliphatic carbocycles. The van der Waals surface area contributed by atoms with Crippen LogP contribution in [0.4, 0.5) is 0 Å². The normalized spacial score (nSPS) is 17.4. The molecule has 0 amide bonds. The van der Waals surface area contributed by atoms with Crippen molar-refractivity contribution in [3.05, 3.63) is 0 Å². The van der Waals surface area contributed by atoms with Crippen molar-refractivity contribution in [1.29, 1.82) is 0 Å². The third-order valence-electron chi connectivity index (χ3n) is 6.05. The van der Waals surface area contributed by atoms with Crippen LogP contribution in [-0.4, -0.2) is 41.1 Å². The van der Waals surface area contributed by atoms with Gasteiger partial charge in [-0.3, -0.25) is 0 Å². The van der Waals surface area contributed by atoms with E-state index < -0.39 is 48.9 Å². The van der Waals surface area contributed by atoms with Crippen LogP contribution in [0.25, 0.3) is 0 Å². The van der Waals surface area contributed by atoms with Crippen LogP contribution in [0.5, 0.6) is 0 Å². The first-order valence-electron chi connectivity index (χ1n) is 14.0. The molecule has 0 bridgehead atoms. The van der Waals surface area contributed by atoms with Gasteiger partial charge in [-0.05, 0) is 57.8 Å². The average molecular weight is 1050 g/mol. The third-order valence-corrected chi connectivity index (χ3v) is 14.2. The van der Waals surface area contributed by atoms with E-state index in [-0.39, 0.29) is 19.3 Å². The first-order valence-corrected chi connectivity index (χ1v) is 22.4. The Bertz CT molecular complexity index is 811. The van der Waals surface area contributed by atoms with Crippen molar-refractivity contribution >= 4 is 217 Å². The molecule has 0 aromatic carbocycles. The summed E-state index contributed by atoms with van der Waals surface area (Å²) in [7, 11) is -5.15. The first kappa shape index (κ1) is 52.3. The van der Waals surface area contributed by atoms with Gasteiger partial charge in [0.1, 0.15) is 0 Å².